The van der Waals surface area contributed by atoms with Crippen molar-refractivity contribution >= 4 is 11.3 Å². The molecule has 1 N–H and O–H groups in total. The van der Waals surface area contributed by atoms with Gasteiger partial charge in [-0.25, -0.2) is 13.2 Å². The average molecular weight is 301 g/mol. The van der Waals surface area contributed by atoms with Crippen molar-refractivity contribution in [2.75, 3.05) is 13.1 Å². The number of halogens is 3. The highest BCUT2D eigenvalue weighted by atomic mass is 32.1. The highest BCUT2D eigenvalue weighted by Crippen LogP contribution is 2.28. The highest BCUT2D eigenvalue weighted by Gasteiger charge is 2.17. The number of nitrogens with zero attached hydrogens (tertiary/aromatic N) is 2. The van der Waals surface area contributed by atoms with Gasteiger partial charge < -0.3 is 5.32 Å². The summed E-state index contributed by atoms with van der Waals surface area (Å²) in [5.41, 5.74) is -0.0562. The second kappa shape index (κ2) is 6.81. The van der Waals surface area contributed by atoms with E-state index in [1.807, 2.05) is 6.92 Å². The van der Waals surface area contributed by atoms with Crippen LogP contribution in [0.1, 0.15) is 18.4 Å². The van der Waals surface area contributed by atoms with Gasteiger partial charge in [-0.3, -0.25) is 0 Å². The standard InChI is InChI=1S/C13H14F3N3S/c1-2-17-7-3-4-10-18-19-13(20-10)8-5-6-9(14)12(16)11(8)15/h5-6,17H,2-4,7H2,1H3. The van der Waals surface area contributed by atoms with Gasteiger partial charge in [0.05, 0.1) is 5.56 Å². The van der Waals surface area contributed by atoms with E-state index in [9.17, 15) is 13.2 Å². The van der Waals surface area contributed by atoms with Crippen molar-refractivity contribution in [3.05, 3.63) is 34.6 Å². The molecule has 0 saturated heterocycles. The van der Waals surface area contributed by atoms with Gasteiger partial charge in [-0.2, -0.15) is 0 Å². The van der Waals surface area contributed by atoms with E-state index in [1.54, 1.807) is 0 Å². The number of hydrogen-bond donors (Lipinski definition) is 1. The fourth-order valence-electron chi connectivity index (χ4n) is 1.70. The summed E-state index contributed by atoms with van der Waals surface area (Å²) in [7, 11) is 0. The largest absolute Gasteiger partial charge is 0.317 e. The predicted octanol–water partition coefficient (Wildman–Crippen LogP) is 3.16. The Balaban J connectivity index is 2.11. The summed E-state index contributed by atoms with van der Waals surface area (Å²) < 4.78 is 39.7. The Hall–Kier alpha value is -1.47. The zero-order valence-corrected chi connectivity index (χ0v) is 11.7. The lowest BCUT2D eigenvalue weighted by atomic mass is 10.2. The fourth-order valence-corrected chi connectivity index (χ4v) is 2.60. The molecule has 0 aliphatic heterocycles. The molecule has 0 fully saturated rings. The van der Waals surface area contributed by atoms with Crippen LogP contribution in [0.15, 0.2) is 12.1 Å². The third-order valence-electron chi connectivity index (χ3n) is 2.73. The van der Waals surface area contributed by atoms with Crippen molar-refractivity contribution in [3.63, 3.8) is 0 Å². The number of rotatable bonds is 6. The molecule has 0 unspecified atom stereocenters. The van der Waals surface area contributed by atoms with E-state index in [-0.39, 0.29) is 10.6 Å². The van der Waals surface area contributed by atoms with Crippen LogP contribution in [-0.2, 0) is 6.42 Å². The molecule has 3 nitrogen and oxygen atoms in total. The third kappa shape index (κ3) is 3.34. The van der Waals surface area contributed by atoms with Crippen LogP contribution in [0.25, 0.3) is 10.6 Å². The van der Waals surface area contributed by atoms with Gasteiger partial charge in [0.2, 0.25) is 0 Å². The number of benzene rings is 1. The Bertz CT molecular complexity index is 586. The van der Waals surface area contributed by atoms with Gasteiger partial charge in [0.15, 0.2) is 22.5 Å². The number of hydrogen-bond acceptors (Lipinski definition) is 4. The highest BCUT2D eigenvalue weighted by molar-refractivity contribution is 7.14. The fraction of sp³-hybridized carbons (Fsp3) is 0.385. The molecule has 20 heavy (non-hydrogen) atoms. The van der Waals surface area contributed by atoms with Crippen LogP contribution < -0.4 is 5.32 Å². The first kappa shape index (κ1) is 14.9. The molecule has 7 heteroatoms. The predicted molar refractivity (Wildman–Crippen MR) is 72.1 cm³/mol. The second-order valence-corrected chi connectivity index (χ2v) is 5.24. The molecule has 0 atom stereocenters. The normalized spacial score (nSPS) is 11.0. The van der Waals surface area contributed by atoms with Crippen molar-refractivity contribution < 1.29 is 13.2 Å². The molecule has 1 heterocycles. The maximum Gasteiger partial charge on any atom is 0.195 e. The van der Waals surface area contributed by atoms with E-state index in [0.717, 1.165) is 37.0 Å². The van der Waals surface area contributed by atoms with E-state index in [1.165, 1.54) is 17.4 Å². The average Bonchev–Trinajstić information content (AvgIpc) is 2.90. The Kier molecular flexibility index (Phi) is 5.08. The Morgan fingerprint density at radius 3 is 2.70 bits per heavy atom. The molecular formula is C13H14F3N3S. The molecule has 1 aromatic heterocycles. The Morgan fingerprint density at radius 2 is 1.95 bits per heavy atom. The van der Waals surface area contributed by atoms with Gasteiger partial charge in [-0.1, -0.05) is 18.3 Å². The number of aryl methyl sites for hydroxylation is 1. The molecule has 0 bridgehead atoms. The number of nitrogens with one attached hydrogen (secondary N) is 1. The van der Waals surface area contributed by atoms with Crippen LogP contribution in [0.2, 0.25) is 0 Å². The maximum atomic E-state index is 13.6. The van der Waals surface area contributed by atoms with Crippen LogP contribution >= 0.6 is 11.3 Å². The lowest BCUT2D eigenvalue weighted by Gasteiger charge is -2.00. The zero-order chi connectivity index (χ0) is 14.5. The van der Waals surface area contributed by atoms with E-state index in [4.69, 9.17) is 0 Å². The summed E-state index contributed by atoms with van der Waals surface area (Å²) in [5, 5.41) is 12.0. The summed E-state index contributed by atoms with van der Waals surface area (Å²) in [6, 6.07) is 2.07. The second-order valence-electron chi connectivity index (χ2n) is 4.18. The van der Waals surface area contributed by atoms with Crippen molar-refractivity contribution in [2.45, 2.75) is 19.8 Å². The summed E-state index contributed by atoms with van der Waals surface area (Å²) in [5.74, 6) is -3.91. The van der Waals surface area contributed by atoms with Gasteiger partial charge in [-0.15, -0.1) is 10.2 Å². The molecule has 0 aliphatic rings. The van der Waals surface area contributed by atoms with E-state index in [0.29, 0.717) is 0 Å². The Labute approximate surface area is 118 Å². The van der Waals surface area contributed by atoms with Gasteiger partial charge in [0.1, 0.15) is 5.01 Å². The number of aromatic nitrogens is 2. The quantitative estimate of drug-likeness (QED) is 0.658. The van der Waals surface area contributed by atoms with Crippen molar-refractivity contribution in [1.82, 2.24) is 15.5 Å². The molecule has 0 radical (unpaired) electrons. The van der Waals surface area contributed by atoms with Crippen LogP contribution in [0.5, 0.6) is 0 Å². The summed E-state index contributed by atoms with van der Waals surface area (Å²) in [6.45, 7) is 3.79. The lowest BCUT2D eigenvalue weighted by Crippen LogP contribution is -2.14. The summed E-state index contributed by atoms with van der Waals surface area (Å²) in [6.07, 6.45) is 1.61. The molecule has 0 amide bonds. The SMILES string of the molecule is CCNCCCc1nnc(-c2ccc(F)c(F)c2F)s1. The third-order valence-corrected chi connectivity index (χ3v) is 3.74. The molecular weight excluding hydrogens is 287 g/mol. The van der Waals surface area contributed by atoms with Gasteiger partial charge in [-0.05, 0) is 31.6 Å². The van der Waals surface area contributed by atoms with Crippen molar-refractivity contribution in [2.24, 2.45) is 0 Å². The minimum Gasteiger partial charge on any atom is -0.317 e. The topological polar surface area (TPSA) is 37.8 Å². The maximum absolute atomic E-state index is 13.6. The van der Waals surface area contributed by atoms with Crippen LogP contribution in [0.3, 0.4) is 0 Å². The van der Waals surface area contributed by atoms with Gasteiger partial charge in [0.25, 0.3) is 0 Å². The minimum absolute atomic E-state index is 0.0562. The summed E-state index contributed by atoms with van der Waals surface area (Å²) >= 11 is 1.19. The van der Waals surface area contributed by atoms with Crippen molar-refractivity contribution in [1.29, 1.82) is 0 Å². The van der Waals surface area contributed by atoms with Crippen LogP contribution in [-0.4, -0.2) is 23.3 Å². The van der Waals surface area contributed by atoms with E-state index in [2.05, 4.69) is 15.5 Å². The molecule has 108 valence electrons. The Morgan fingerprint density at radius 1 is 1.15 bits per heavy atom. The van der Waals surface area contributed by atoms with Crippen LogP contribution in [0.4, 0.5) is 13.2 Å². The van der Waals surface area contributed by atoms with Gasteiger partial charge >= 0.3 is 0 Å². The molecule has 1 aromatic carbocycles. The van der Waals surface area contributed by atoms with Crippen LogP contribution in [0, 0.1) is 17.5 Å². The van der Waals surface area contributed by atoms with Gasteiger partial charge in [0, 0.05) is 6.42 Å². The first-order valence-electron chi connectivity index (χ1n) is 6.30. The lowest BCUT2D eigenvalue weighted by molar-refractivity contribution is 0.449. The van der Waals surface area contributed by atoms with Crippen molar-refractivity contribution in [3.8, 4) is 10.6 Å². The van der Waals surface area contributed by atoms with E-state index < -0.39 is 17.5 Å². The molecule has 0 spiro atoms. The first-order chi connectivity index (χ1) is 9.63. The smallest absolute Gasteiger partial charge is 0.195 e. The molecule has 0 saturated carbocycles. The molecule has 2 aromatic rings. The first-order valence-corrected chi connectivity index (χ1v) is 7.12. The van der Waals surface area contributed by atoms with E-state index >= 15 is 0 Å². The zero-order valence-electron chi connectivity index (χ0n) is 10.9. The summed E-state index contributed by atoms with van der Waals surface area (Å²) in [4.78, 5) is 0. The monoisotopic (exact) mass is 301 g/mol. The minimum atomic E-state index is -1.48. The molecule has 0 aliphatic carbocycles. The molecule has 2 rings (SSSR count).